The third kappa shape index (κ3) is 5.57. The molecule has 1 rings (SSSR count). The first-order valence-electron chi connectivity index (χ1n) is 5.95. The second-order valence-corrected chi connectivity index (χ2v) is 6.13. The number of nitrogens with zero attached hydrogens (tertiary/aromatic N) is 1. The first-order chi connectivity index (χ1) is 10.2. The number of amides is 1. The maximum atomic E-state index is 11.7. The third-order valence-corrected chi connectivity index (χ3v) is 3.50. The molecular weight excluding hydrogens is 424 g/mol. The van der Waals surface area contributed by atoms with Gasteiger partial charge in [-0.25, -0.2) is 4.79 Å². The van der Waals surface area contributed by atoms with Crippen molar-refractivity contribution in [3.05, 3.63) is 42.8 Å². The zero-order valence-electron chi connectivity index (χ0n) is 11.7. The average Bonchev–Trinajstić information content (AvgIpc) is 2.39. The van der Waals surface area contributed by atoms with Crippen molar-refractivity contribution in [2.75, 3.05) is 11.9 Å². The number of halogens is 2. The van der Waals surface area contributed by atoms with Crippen molar-refractivity contribution in [1.29, 1.82) is 0 Å². The Kier molecular flexibility index (Phi) is 6.69. The summed E-state index contributed by atoms with van der Waals surface area (Å²) >= 11 is 6.28. The van der Waals surface area contributed by atoms with Gasteiger partial charge in [-0.1, -0.05) is 5.57 Å². The standard InChI is InChI=1S/C13H12Br2N2O5/c1-7(2)3-12(19)22-6-11(18)16-13-9(14)4-8(17(20)21)5-10(13)15/h3-5H,6H2,1-2H3,(H,16,18). The highest BCUT2D eigenvalue weighted by Crippen LogP contribution is 2.35. The van der Waals surface area contributed by atoms with Gasteiger partial charge in [0.1, 0.15) is 0 Å². The van der Waals surface area contributed by atoms with Crippen molar-refractivity contribution in [3.63, 3.8) is 0 Å². The number of nitro benzene ring substituents is 1. The molecule has 22 heavy (non-hydrogen) atoms. The first kappa shape index (κ1) is 18.3. The highest BCUT2D eigenvalue weighted by Gasteiger charge is 2.16. The molecule has 0 aliphatic heterocycles. The second kappa shape index (κ2) is 8.04. The third-order valence-electron chi connectivity index (χ3n) is 2.25. The number of carbonyl (C=O) groups excluding carboxylic acids is 2. The fourth-order valence-electron chi connectivity index (χ4n) is 1.37. The van der Waals surface area contributed by atoms with E-state index < -0.39 is 23.4 Å². The van der Waals surface area contributed by atoms with Crippen LogP contribution in [0.1, 0.15) is 13.8 Å². The lowest BCUT2D eigenvalue weighted by Gasteiger charge is -2.09. The Hall–Kier alpha value is -1.74. The van der Waals surface area contributed by atoms with E-state index in [1.807, 2.05) is 0 Å². The monoisotopic (exact) mass is 434 g/mol. The number of ether oxygens (including phenoxy) is 1. The molecular formula is C13H12Br2N2O5. The van der Waals surface area contributed by atoms with Crippen molar-refractivity contribution in [1.82, 2.24) is 0 Å². The van der Waals surface area contributed by atoms with Gasteiger partial charge in [-0.15, -0.1) is 0 Å². The lowest BCUT2D eigenvalue weighted by Crippen LogP contribution is -2.20. The number of anilines is 1. The molecule has 0 spiro atoms. The zero-order chi connectivity index (χ0) is 16.9. The number of carbonyl (C=O) groups is 2. The van der Waals surface area contributed by atoms with Crippen molar-refractivity contribution in [3.8, 4) is 0 Å². The largest absolute Gasteiger partial charge is 0.452 e. The Morgan fingerprint density at radius 1 is 1.32 bits per heavy atom. The molecule has 0 radical (unpaired) electrons. The van der Waals surface area contributed by atoms with Gasteiger partial charge in [0, 0.05) is 27.2 Å². The summed E-state index contributed by atoms with van der Waals surface area (Å²) in [5.41, 5.74) is 0.937. The van der Waals surface area contributed by atoms with Gasteiger partial charge in [-0.3, -0.25) is 14.9 Å². The van der Waals surface area contributed by atoms with E-state index in [0.29, 0.717) is 14.6 Å². The predicted octanol–water partition coefficient (Wildman–Crippen LogP) is 3.57. The van der Waals surface area contributed by atoms with Crippen molar-refractivity contribution >= 4 is 55.1 Å². The van der Waals surface area contributed by atoms with Gasteiger partial charge in [-0.2, -0.15) is 0 Å². The fraction of sp³-hybridized carbons (Fsp3) is 0.231. The molecule has 0 unspecified atom stereocenters. The normalized spacial score (nSPS) is 9.82. The van der Waals surface area contributed by atoms with Crippen LogP contribution in [0.2, 0.25) is 0 Å². The SMILES string of the molecule is CC(C)=CC(=O)OCC(=O)Nc1c(Br)cc([N+](=O)[O-])cc1Br. The maximum absolute atomic E-state index is 11.7. The molecule has 0 heterocycles. The van der Waals surface area contributed by atoms with Gasteiger partial charge in [0.2, 0.25) is 0 Å². The van der Waals surface area contributed by atoms with Crippen LogP contribution in [0, 0.1) is 10.1 Å². The number of hydrogen-bond acceptors (Lipinski definition) is 5. The van der Waals surface area contributed by atoms with Crippen LogP contribution in [0.4, 0.5) is 11.4 Å². The van der Waals surface area contributed by atoms with E-state index in [1.54, 1.807) is 13.8 Å². The number of benzene rings is 1. The van der Waals surface area contributed by atoms with Crippen LogP contribution in [0.5, 0.6) is 0 Å². The van der Waals surface area contributed by atoms with Gasteiger partial charge >= 0.3 is 5.97 Å². The minimum atomic E-state index is -0.614. The number of nitrogens with one attached hydrogen (secondary N) is 1. The summed E-state index contributed by atoms with van der Waals surface area (Å²) in [6, 6.07) is 2.52. The zero-order valence-corrected chi connectivity index (χ0v) is 14.9. The van der Waals surface area contributed by atoms with E-state index in [4.69, 9.17) is 4.74 Å². The smallest absolute Gasteiger partial charge is 0.331 e. The van der Waals surface area contributed by atoms with Crippen LogP contribution in [-0.4, -0.2) is 23.4 Å². The Morgan fingerprint density at radius 3 is 2.32 bits per heavy atom. The minimum absolute atomic E-state index is 0.133. The molecule has 1 aromatic rings. The maximum Gasteiger partial charge on any atom is 0.331 e. The topological polar surface area (TPSA) is 98.5 Å². The van der Waals surface area contributed by atoms with Crippen LogP contribution < -0.4 is 5.32 Å². The summed E-state index contributed by atoms with van der Waals surface area (Å²) < 4.78 is 5.42. The molecule has 0 aromatic heterocycles. The summed E-state index contributed by atoms with van der Waals surface area (Å²) in [6.45, 7) is 3.00. The van der Waals surface area contributed by atoms with Gasteiger partial charge in [0.05, 0.1) is 10.6 Å². The number of esters is 1. The molecule has 0 bridgehead atoms. The fourth-order valence-corrected chi connectivity index (χ4v) is 2.73. The van der Waals surface area contributed by atoms with E-state index in [2.05, 4.69) is 37.2 Å². The van der Waals surface area contributed by atoms with Crippen LogP contribution in [0.25, 0.3) is 0 Å². The first-order valence-corrected chi connectivity index (χ1v) is 7.54. The molecule has 1 amide bonds. The number of allylic oxidation sites excluding steroid dienone is 1. The van der Waals surface area contributed by atoms with Crippen molar-refractivity contribution in [2.45, 2.75) is 13.8 Å². The van der Waals surface area contributed by atoms with E-state index in [0.717, 1.165) is 5.57 Å². The van der Waals surface area contributed by atoms with Crippen LogP contribution >= 0.6 is 31.9 Å². The molecule has 1 aromatic carbocycles. The van der Waals surface area contributed by atoms with Gasteiger partial charge in [-0.05, 0) is 45.7 Å². The summed E-state index contributed by atoms with van der Waals surface area (Å²) in [4.78, 5) is 33.2. The van der Waals surface area contributed by atoms with Gasteiger partial charge in [0.15, 0.2) is 6.61 Å². The van der Waals surface area contributed by atoms with E-state index in [1.165, 1.54) is 18.2 Å². The van der Waals surface area contributed by atoms with Crippen molar-refractivity contribution in [2.24, 2.45) is 0 Å². The molecule has 1 N–H and O–H groups in total. The highest BCUT2D eigenvalue weighted by atomic mass is 79.9. The summed E-state index contributed by atoms with van der Waals surface area (Å²) in [5.74, 6) is -1.18. The van der Waals surface area contributed by atoms with E-state index in [9.17, 15) is 19.7 Å². The Morgan fingerprint density at radius 2 is 1.86 bits per heavy atom. The van der Waals surface area contributed by atoms with Crippen LogP contribution in [0.15, 0.2) is 32.7 Å². The lowest BCUT2D eigenvalue weighted by molar-refractivity contribution is -0.385. The second-order valence-electron chi connectivity index (χ2n) is 4.42. The number of hydrogen-bond donors (Lipinski definition) is 1. The lowest BCUT2D eigenvalue weighted by atomic mass is 10.3. The molecule has 0 aliphatic carbocycles. The molecule has 0 fully saturated rings. The highest BCUT2D eigenvalue weighted by molar-refractivity contribution is 9.11. The molecule has 7 nitrogen and oxygen atoms in total. The summed E-state index contributed by atoms with van der Waals surface area (Å²) in [6.07, 6.45) is 1.27. The number of non-ortho nitro benzene ring substituents is 1. The molecule has 0 aliphatic rings. The van der Waals surface area contributed by atoms with E-state index in [-0.39, 0.29) is 5.69 Å². The molecule has 9 heteroatoms. The van der Waals surface area contributed by atoms with Crippen molar-refractivity contribution < 1.29 is 19.2 Å². The Balaban J connectivity index is 2.75. The summed E-state index contributed by atoms with van der Waals surface area (Å²) in [5, 5.41) is 13.2. The minimum Gasteiger partial charge on any atom is -0.452 e. The molecule has 118 valence electrons. The predicted molar refractivity (Wildman–Crippen MR) is 87.5 cm³/mol. The van der Waals surface area contributed by atoms with Gasteiger partial charge in [0.25, 0.3) is 11.6 Å². The van der Waals surface area contributed by atoms with Crippen LogP contribution in [0.3, 0.4) is 0 Å². The average molecular weight is 436 g/mol. The van der Waals surface area contributed by atoms with Gasteiger partial charge < -0.3 is 10.1 Å². The Labute approximate surface area is 143 Å². The Bertz CT molecular complexity index is 631. The quantitative estimate of drug-likeness (QED) is 0.330. The summed E-state index contributed by atoms with van der Waals surface area (Å²) in [7, 11) is 0. The molecule has 0 saturated heterocycles. The number of rotatable bonds is 5. The van der Waals surface area contributed by atoms with E-state index >= 15 is 0 Å². The number of nitro groups is 1. The molecule has 0 saturated carbocycles. The van der Waals surface area contributed by atoms with Crippen LogP contribution in [-0.2, 0) is 14.3 Å². The molecule has 0 atom stereocenters.